The SMILES string of the molecule is OCC1=CCC=C2CCCCC12. The summed E-state index contributed by atoms with van der Waals surface area (Å²) in [6, 6.07) is 0. The highest BCUT2D eigenvalue weighted by Crippen LogP contribution is 2.37. The van der Waals surface area contributed by atoms with E-state index in [0.29, 0.717) is 5.92 Å². The molecule has 12 heavy (non-hydrogen) atoms. The molecule has 0 saturated heterocycles. The molecule has 0 aromatic rings. The molecule has 1 heteroatoms. The molecular weight excluding hydrogens is 148 g/mol. The minimum Gasteiger partial charge on any atom is -0.392 e. The van der Waals surface area contributed by atoms with Crippen LogP contribution in [0.4, 0.5) is 0 Å². The van der Waals surface area contributed by atoms with Gasteiger partial charge in [-0.05, 0) is 31.3 Å². The van der Waals surface area contributed by atoms with E-state index in [1.165, 1.54) is 31.3 Å². The Morgan fingerprint density at radius 2 is 2.25 bits per heavy atom. The van der Waals surface area contributed by atoms with Gasteiger partial charge in [-0.1, -0.05) is 24.1 Å². The second-order valence-electron chi connectivity index (χ2n) is 3.75. The number of fused-ring (bicyclic) bond motifs is 1. The fourth-order valence-electron chi connectivity index (χ4n) is 2.38. The van der Waals surface area contributed by atoms with Crippen molar-refractivity contribution < 1.29 is 5.11 Å². The Morgan fingerprint density at radius 3 is 3.08 bits per heavy atom. The fraction of sp³-hybridized carbons (Fsp3) is 0.636. The van der Waals surface area contributed by atoms with E-state index < -0.39 is 0 Å². The van der Waals surface area contributed by atoms with E-state index in [1.807, 2.05) is 0 Å². The van der Waals surface area contributed by atoms with Crippen LogP contribution in [0.1, 0.15) is 32.1 Å². The van der Waals surface area contributed by atoms with Gasteiger partial charge in [-0.2, -0.15) is 0 Å². The van der Waals surface area contributed by atoms with Gasteiger partial charge in [0.05, 0.1) is 6.61 Å². The molecule has 0 radical (unpaired) electrons. The zero-order valence-corrected chi connectivity index (χ0v) is 7.42. The van der Waals surface area contributed by atoms with Crippen molar-refractivity contribution >= 4 is 0 Å². The number of allylic oxidation sites excluding steroid dienone is 3. The van der Waals surface area contributed by atoms with Crippen LogP contribution in [0.2, 0.25) is 0 Å². The van der Waals surface area contributed by atoms with Crippen LogP contribution in [-0.2, 0) is 0 Å². The van der Waals surface area contributed by atoms with Crippen molar-refractivity contribution in [3.05, 3.63) is 23.3 Å². The second kappa shape index (κ2) is 3.44. The summed E-state index contributed by atoms with van der Waals surface area (Å²) in [6.07, 6.45) is 10.8. The maximum atomic E-state index is 9.13. The van der Waals surface area contributed by atoms with Gasteiger partial charge in [0, 0.05) is 5.92 Å². The molecule has 0 spiro atoms. The molecule has 1 nitrogen and oxygen atoms in total. The first-order valence-electron chi connectivity index (χ1n) is 4.90. The third kappa shape index (κ3) is 1.34. The lowest BCUT2D eigenvalue weighted by atomic mass is 9.77. The number of rotatable bonds is 1. The van der Waals surface area contributed by atoms with E-state index in [2.05, 4.69) is 12.2 Å². The molecule has 0 heterocycles. The Bertz CT molecular complexity index is 213. The van der Waals surface area contributed by atoms with E-state index in [-0.39, 0.29) is 6.61 Å². The van der Waals surface area contributed by atoms with Crippen LogP contribution in [0.25, 0.3) is 0 Å². The summed E-state index contributed by atoms with van der Waals surface area (Å²) >= 11 is 0. The van der Waals surface area contributed by atoms with Crippen molar-refractivity contribution in [1.29, 1.82) is 0 Å². The third-order valence-electron chi connectivity index (χ3n) is 3.05. The molecule has 0 aliphatic heterocycles. The summed E-state index contributed by atoms with van der Waals surface area (Å²) in [5.74, 6) is 0.609. The van der Waals surface area contributed by atoms with E-state index in [1.54, 1.807) is 5.57 Å². The summed E-state index contributed by atoms with van der Waals surface area (Å²) in [5.41, 5.74) is 2.86. The summed E-state index contributed by atoms with van der Waals surface area (Å²) in [4.78, 5) is 0. The molecule has 0 bridgehead atoms. The summed E-state index contributed by atoms with van der Waals surface area (Å²) in [7, 11) is 0. The highest BCUT2D eigenvalue weighted by molar-refractivity contribution is 5.28. The van der Waals surface area contributed by atoms with E-state index in [9.17, 15) is 0 Å². The standard InChI is InChI=1S/C11H16O/c12-8-10-6-3-5-9-4-1-2-7-11(9)10/h5-6,11-12H,1-4,7-8H2. The monoisotopic (exact) mass is 164 g/mol. The van der Waals surface area contributed by atoms with E-state index >= 15 is 0 Å². The second-order valence-corrected chi connectivity index (χ2v) is 3.75. The van der Waals surface area contributed by atoms with Gasteiger partial charge in [0.25, 0.3) is 0 Å². The van der Waals surface area contributed by atoms with Crippen LogP contribution in [0.5, 0.6) is 0 Å². The van der Waals surface area contributed by atoms with Crippen LogP contribution < -0.4 is 0 Å². The quantitative estimate of drug-likeness (QED) is 0.590. The smallest absolute Gasteiger partial charge is 0.0647 e. The van der Waals surface area contributed by atoms with Gasteiger partial charge in [0.1, 0.15) is 0 Å². The number of aliphatic hydroxyl groups is 1. The molecular formula is C11H16O. The molecule has 2 rings (SSSR count). The Labute approximate surface area is 73.8 Å². The van der Waals surface area contributed by atoms with Gasteiger partial charge in [0.15, 0.2) is 0 Å². The van der Waals surface area contributed by atoms with Crippen molar-refractivity contribution in [3.8, 4) is 0 Å². The van der Waals surface area contributed by atoms with Crippen molar-refractivity contribution in [2.45, 2.75) is 32.1 Å². The first kappa shape index (κ1) is 8.06. The maximum absolute atomic E-state index is 9.13. The van der Waals surface area contributed by atoms with Crippen molar-refractivity contribution in [2.75, 3.05) is 6.61 Å². The lowest BCUT2D eigenvalue weighted by molar-refractivity contribution is 0.308. The van der Waals surface area contributed by atoms with Gasteiger partial charge in [-0.25, -0.2) is 0 Å². The molecule has 1 unspecified atom stereocenters. The van der Waals surface area contributed by atoms with Gasteiger partial charge < -0.3 is 5.11 Å². The molecule has 0 amide bonds. The minimum absolute atomic E-state index is 0.266. The van der Waals surface area contributed by atoms with Gasteiger partial charge >= 0.3 is 0 Å². The fourth-order valence-corrected chi connectivity index (χ4v) is 2.38. The maximum Gasteiger partial charge on any atom is 0.0647 e. The highest BCUT2D eigenvalue weighted by atomic mass is 16.3. The zero-order valence-electron chi connectivity index (χ0n) is 7.42. The Morgan fingerprint density at radius 1 is 1.33 bits per heavy atom. The lowest BCUT2D eigenvalue weighted by Gasteiger charge is -2.29. The topological polar surface area (TPSA) is 20.2 Å². The molecule has 2 aliphatic rings. The van der Waals surface area contributed by atoms with Crippen LogP contribution in [0.15, 0.2) is 23.3 Å². The van der Waals surface area contributed by atoms with Gasteiger partial charge in [-0.3, -0.25) is 0 Å². The normalized spacial score (nSPS) is 28.9. The molecule has 1 N–H and O–H groups in total. The largest absolute Gasteiger partial charge is 0.392 e. The molecule has 2 aliphatic carbocycles. The highest BCUT2D eigenvalue weighted by Gasteiger charge is 2.23. The summed E-state index contributed by atoms with van der Waals surface area (Å²) in [6.45, 7) is 0.266. The van der Waals surface area contributed by atoms with Crippen LogP contribution in [0.3, 0.4) is 0 Å². The molecule has 0 aromatic carbocycles. The van der Waals surface area contributed by atoms with Gasteiger partial charge in [-0.15, -0.1) is 0 Å². The summed E-state index contributed by atoms with van der Waals surface area (Å²) in [5, 5.41) is 9.13. The minimum atomic E-state index is 0.266. The molecule has 1 atom stereocenters. The Balaban J connectivity index is 2.15. The van der Waals surface area contributed by atoms with Crippen LogP contribution >= 0.6 is 0 Å². The van der Waals surface area contributed by atoms with Crippen molar-refractivity contribution in [2.24, 2.45) is 5.92 Å². The predicted molar refractivity (Wildman–Crippen MR) is 49.8 cm³/mol. The average molecular weight is 164 g/mol. The Kier molecular flexibility index (Phi) is 2.31. The zero-order chi connectivity index (χ0) is 8.39. The number of hydrogen-bond donors (Lipinski definition) is 1. The third-order valence-corrected chi connectivity index (χ3v) is 3.05. The molecule has 1 saturated carbocycles. The molecule has 0 aromatic heterocycles. The van der Waals surface area contributed by atoms with E-state index in [0.717, 1.165) is 6.42 Å². The average Bonchev–Trinajstić information content (AvgIpc) is 2.17. The lowest BCUT2D eigenvalue weighted by Crippen LogP contribution is -2.17. The number of aliphatic hydroxyl groups excluding tert-OH is 1. The van der Waals surface area contributed by atoms with Crippen molar-refractivity contribution in [1.82, 2.24) is 0 Å². The van der Waals surface area contributed by atoms with Gasteiger partial charge in [0.2, 0.25) is 0 Å². The molecule has 1 fully saturated rings. The van der Waals surface area contributed by atoms with Crippen LogP contribution in [-0.4, -0.2) is 11.7 Å². The molecule has 66 valence electrons. The summed E-state index contributed by atoms with van der Waals surface area (Å²) < 4.78 is 0. The number of hydrogen-bond acceptors (Lipinski definition) is 1. The Hall–Kier alpha value is -0.560. The van der Waals surface area contributed by atoms with Crippen LogP contribution in [0, 0.1) is 5.92 Å². The van der Waals surface area contributed by atoms with Crippen molar-refractivity contribution in [3.63, 3.8) is 0 Å². The predicted octanol–water partition coefficient (Wildman–Crippen LogP) is 2.43. The first-order valence-corrected chi connectivity index (χ1v) is 4.90. The van der Waals surface area contributed by atoms with E-state index in [4.69, 9.17) is 5.11 Å². The first-order chi connectivity index (χ1) is 5.92.